The van der Waals surface area contributed by atoms with E-state index in [-0.39, 0.29) is 17.2 Å². The molecule has 6 heteroatoms. The maximum absolute atomic E-state index is 12.4. The number of aromatic carboxylic acids is 1. The Balaban J connectivity index is 1.84. The van der Waals surface area contributed by atoms with Crippen molar-refractivity contribution < 1.29 is 14.7 Å². The third-order valence-electron chi connectivity index (χ3n) is 3.40. The molecule has 0 bridgehead atoms. The minimum Gasteiger partial charge on any atom is -0.478 e. The second kappa shape index (κ2) is 5.18. The number of pyridine rings is 1. The van der Waals surface area contributed by atoms with Gasteiger partial charge < -0.3 is 10.0 Å². The highest BCUT2D eigenvalue weighted by Crippen LogP contribution is 2.25. The Morgan fingerprint density at radius 1 is 1.14 bits per heavy atom. The van der Waals surface area contributed by atoms with E-state index >= 15 is 0 Å². The summed E-state index contributed by atoms with van der Waals surface area (Å²) in [4.78, 5) is 29.0. The summed E-state index contributed by atoms with van der Waals surface area (Å²) in [6, 6.07) is 8.03. The van der Waals surface area contributed by atoms with E-state index < -0.39 is 5.97 Å². The molecule has 1 aliphatic heterocycles. The fourth-order valence-corrected chi connectivity index (χ4v) is 2.51. The van der Waals surface area contributed by atoms with Crippen LogP contribution in [0.15, 0.2) is 36.5 Å². The normalized spacial score (nSPS) is 13.1. The molecule has 3 rings (SSSR count). The van der Waals surface area contributed by atoms with Crippen LogP contribution < -0.4 is 0 Å². The Morgan fingerprint density at radius 3 is 2.62 bits per heavy atom. The SMILES string of the molecule is O=C(O)c1ccc2c(c1)CN(C(=O)c1cc(Cl)ccn1)C2. The van der Waals surface area contributed by atoms with Gasteiger partial charge in [0, 0.05) is 24.3 Å². The van der Waals surface area contributed by atoms with Crippen LogP contribution in [0, 0.1) is 0 Å². The summed E-state index contributed by atoms with van der Waals surface area (Å²) in [5.41, 5.74) is 2.32. The number of carbonyl (C=O) groups is 2. The number of nitrogens with zero attached hydrogens (tertiary/aromatic N) is 2. The predicted octanol–water partition coefficient (Wildman–Crippen LogP) is 2.59. The van der Waals surface area contributed by atoms with E-state index in [0.29, 0.717) is 18.1 Å². The molecule has 0 fully saturated rings. The van der Waals surface area contributed by atoms with E-state index in [1.165, 1.54) is 12.3 Å². The van der Waals surface area contributed by atoms with Crippen molar-refractivity contribution in [3.05, 3.63) is 63.9 Å². The van der Waals surface area contributed by atoms with Crippen molar-refractivity contribution >= 4 is 23.5 Å². The molecular formula is C15H11ClN2O3. The number of hydrogen-bond donors (Lipinski definition) is 1. The number of amides is 1. The summed E-state index contributed by atoms with van der Waals surface area (Å²) in [7, 11) is 0. The van der Waals surface area contributed by atoms with E-state index in [1.807, 2.05) is 0 Å². The molecule has 1 aliphatic rings. The number of carboxylic acids is 1. The summed E-state index contributed by atoms with van der Waals surface area (Å²) in [6.45, 7) is 0.825. The minimum absolute atomic E-state index is 0.217. The second-order valence-electron chi connectivity index (χ2n) is 4.81. The van der Waals surface area contributed by atoms with Crippen molar-refractivity contribution in [1.82, 2.24) is 9.88 Å². The number of carboxylic acid groups (broad SMARTS) is 1. The molecule has 0 unspecified atom stereocenters. The van der Waals surface area contributed by atoms with E-state index in [0.717, 1.165) is 11.1 Å². The van der Waals surface area contributed by atoms with Gasteiger partial charge in [-0.25, -0.2) is 4.79 Å². The zero-order chi connectivity index (χ0) is 15.0. The average Bonchev–Trinajstić information content (AvgIpc) is 2.89. The van der Waals surface area contributed by atoms with Crippen LogP contribution >= 0.6 is 11.6 Å². The Labute approximate surface area is 125 Å². The molecule has 0 atom stereocenters. The molecule has 0 saturated carbocycles. The number of aromatic nitrogens is 1. The summed E-state index contributed by atoms with van der Waals surface area (Å²) in [5, 5.41) is 9.45. The Bertz CT molecular complexity index is 745. The van der Waals surface area contributed by atoms with Crippen LogP contribution in [0.4, 0.5) is 0 Å². The highest BCUT2D eigenvalue weighted by atomic mass is 35.5. The molecule has 0 radical (unpaired) electrons. The molecule has 1 aromatic carbocycles. The van der Waals surface area contributed by atoms with Crippen molar-refractivity contribution in [2.75, 3.05) is 0 Å². The standard InChI is InChI=1S/C15H11ClN2O3/c16-12-3-4-17-13(6-12)14(19)18-7-10-2-1-9(15(20)21)5-11(10)8-18/h1-6H,7-8H2,(H,20,21). The summed E-state index contributed by atoms with van der Waals surface area (Å²) >= 11 is 5.86. The highest BCUT2D eigenvalue weighted by Gasteiger charge is 2.25. The highest BCUT2D eigenvalue weighted by molar-refractivity contribution is 6.30. The molecule has 0 aliphatic carbocycles. The molecule has 2 aromatic rings. The number of rotatable bonds is 2. The average molecular weight is 303 g/mol. The van der Waals surface area contributed by atoms with Gasteiger partial charge in [-0.2, -0.15) is 0 Å². The number of fused-ring (bicyclic) bond motifs is 1. The molecule has 1 aromatic heterocycles. The van der Waals surface area contributed by atoms with E-state index in [9.17, 15) is 9.59 Å². The van der Waals surface area contributed by atoms with Crippen LogP contribution in [-0.2, 0) is 13.1 Å². The maximum atomic E-state index is 12.4. The van der Waals surface area contributed by atoms with Crippen LogP contribution in [0.3, 0.4) is 0 Å². The smallest absolute Gasteiger partial charge is 0.335 e. The molecular weight excluding hydrogens is 292 g/mol. The van der Waals surface area contributed by atoms with Crippen molar-refractivity contribution in [2.24, 2.45) is 0 Å². The third kappa shape index (κ3) is 2.60. The molecule has 1 amide bonds. The Kier molecular flexibility index (Phi) is 3.35. The van der Waals surface area contributed by atoms with Gasteiger partial charge >= 0.3 is 5.97 Å². The van der Waals surface area contributed by atoms with Gasteiger partial charge in [-0.1, -0.05) is 17.7 Å². The van der Waals surface area contributed by atoms with Crippen LogP contribution in [0.1, 0.15) is 32.0 Å². The first kappa shape index (κ1) is 13.6. The maximum Gasteiger partial charge on any atom is 0.335 e. The number of carbonyl (C=O) groups excluding carboxylic acids is 1. The van der Waals surface area contributed by atoms with Crippen molar-refractivity contribution in [3.63, 3.8) is 0 Å². The van der Waals surface area contributed by atoms with Gasteiger partial charge in [0.1, 0.15) is 5.69 Å². The Morgan fingerprint density at radius 2 is 1.90 bits per heavy atom. The van der Waals surface area contributed by atoms with E-state index in [1.54, 1.807) is 29.2 Å². The van der Waals surface area contributed by atoms with Gasteiger partial charge in [0.15, 0.2) is 0 Å². The lowest BCUT2D eigenvalue weighted by Crippen LogP contribution is -2.26. The molecule has 5 nitrogen and oxygen atoms in total. The lowest BCUT2D eigenvalue weighted by atomic mass is 10.1. The first-order chi connectivity index (χ1) is 10.0. The van der Waals surface area contributed by atoms with Gasteiger partial charge in [-0.3, -0.25) is 9.78 Å². The number of hydrogen-bond acceptors (Lipinski definition) is 3. The van der Waals surface area contributed by atoms with Gasteiger partial charge in [-0.05, 0) is 35.4 Å². The summed E-state index contributed by atoms with van der Waals surface area (Å²) in [6.07, 6.45) is 1.49. The van der Waals surface area contributed by atoms with Crippen molar-refractivity contribution in [2.45, 2.75) is 13.1 Å². The fraction of sp³-hybridized carbons (Fsp3) is 0.133. The third-order valence-corrected chi connectivity index (χ3v) is 3.64. The molecule has 21 heavy (non-hydrogen) atoms. The van der Waals surface area contributed by atoms with Crippen LogP contribution in [0.2, 0.25) is 5.02 Å². The first-order valence-electron chi connectivity index (χ1n) is 6.30. The zero-order valence-electron chi connectivity index (χ0n) is 10.9. The molecule has 0 spiro atoms. The minimum atomic E-state index is -0.973. The molecule has 0 saturated heterocycles. The van der Waals surface area contributed by atoms with Gasteiger partial charge in [0.05, 0.1) is 5.56 Å². The molecule has 2 heterocycles. The zero-order valence-corrected chi connectivity index (χ0v) is 11.7. The quantitative estimate of drug-likeness (QED) is 0.925. The van der Waals surface area contributed by atoms with Crippen molar-refractivity contribution in [3.8, 4) is 0 Å². The lowest BCUT2D eigenvalue weighted by molar-refractivity contribution is 0.0696. The summed E-state index contributed by atoms with van der Waals surface area (Å²) in [5.74, 6) is -1.19. The van der Waals surface area contributed by atoms with Crippen LogP contribution in [0.25, 0.3) is 0 Å². The second-order valence-corrected chi connectivity index (χ2v) is 5.25. The number of benzene rings is 1. The predicted molar refractivity (Wildman–Crippen MR) is 76.2 cm³/mol. The molecule has 106 valence electrons. The largest absolute Gasteiger partial charge is 0.478 e. The van der Waals surface area contributed by atoms with Crippen LogP contribution in [-0.4, -0.2) is 26.9 Å². The first-order valence-corrected chi connectivity index (χ1v) is 6.68. The Hall–Kier alpha value is -2.40. The summed E-state index contributed by atoms with van der Waals surface area (Å²) < 4.78 is 0. The lowest BCUT2D eigenvalue weighted by Gasteiger charge is -2.14. The van der Waals surface area contributed by atoms with E-state index in [2.05, 4.69) is 4.98 Å². The monoisotopic (exact) mass is 302 g/mol. The fourth-order valence-electron chi connectivity index (χ4n) is 2.35. The van der Waals surface area contributed by atoms with Gasteiger partial charge in [0.2, 0.25) is 0 Å². The van der Waals surface area contributed by atoms with Crippen LogP contribution in [0.5, 0.6) is 0 Å². The topological polar surface area (TPSA) is 70.5 Å². The molecule has 1 N–H and O–H groups in total. The number of halogens is 1. The van der Waals surface area contributed by atoms with Crippen molar-refractivity contribution in [1.29, 1.82) is 0 Å². The van der Waals surface area contributed by atoms with E-state index in [4.69, 9.17) is 16.7 Å². The van der Waals surface area contributed by atoms with Gasteiger partial charge in [-0.15, -0.1) is 0 Å². The van der Waals surface area contributed by atoms with Gasteiger partial charge in [0.25, 0.3) is 5.91 Å².